The molecule has 2 amide bonds. The van der Waals surface area contributed by atoms with Crippen LogP contribution in [0.25, 0.3) is 0 Å². The van der Waals surface area contributed by atoms with Crippen molar-refractivity contribution in [1.82, 2.24) is 9.80 Å². The quantitative estimate of drug-likeness (QED) is 0.919. The summed E-state index contributed by atoms with van der Waals surface area (Å²) in [6.45, 7) is 3.14. The number of halogens is 1. The molecule has 1 heterocycles. The van der Waals surface area contributed by atoms with Crippen molar-refractivity contribution in [2.24, 2.45) is 0 Å². The van der Waals surface area contributed by atoms with Crippen LogP contribution in [0.3, 0.4) is 0 Å². The van der Waals surface area contributed by atoms with Gasteiger partial charge in [-0.05, 0) is 44.4 Å². The highest BCUT2D eigenvalue weighted by molar-refractivity contribution is 6.34. The van der Waals surface area contributed by atoms with Crippen molar-refractivity contribution in [1.29, 1.82) is 0 Å². The van der Waals surface area contributed by atoms with E-state index < -0.39 is 0 Å². The third-order valence-electron chi connectivity index (χ3n) is 4.17. The molecule has 1 atom stereocenters. The Kier molecular flexibility index (Phi) is 5.88. The van der Waals surface area contributed by atoms with E-state index in [1.54, 1.807) is 32.3 Å². The highest BCUT2D eigenvalue weighted by Crippen LogP contribution is 2.22. The van der Waals surface area contributed by atoms with E-state index in [0.29, 0.717) is 16.6 Å². The molecule has 0 saturated carbocycles. The van der Waals surface area contributed by atoms with Crippen molar-refractivity contribution in [2.75, 3.05) is 32.5 Å². The summed E-state index contributed by atoms with van der Waals surface area (Å²) < 4.78 is 0. The van der Waals surface area contributed by atoms with Crippen molar-refractivity contribution in [3.8, 4) is 0 Å². The molecule has 1 fully saturated rings. The molecule has 2 rings (SSSR count). The highest BCUT2D eigenvalue weighted by Gasteiger charge is 2.22. The molecule has 1 aromatic rings. The minimum Gasteiger partial charge on any atom is -0.376 e. The van der Waals surface area contributed by atoms with Crippen LogP contribution < -0.4 is 5.32 Å². The topological polar surface area (TPSA) is 52.7 Å². The summed E-state index contributed by atoms with van der Waals surface area (Å²) >= 11 is 6.09. The maximum Gasteiger partial charge on any atom is 0.254 e. The molecule has 1 aliphatic heterocycles. The summed E-state index contributed by atoms with van der Waals surface area (Å²) in [6, 6.07) is 5.45. The van der Waals surface area contributed by atoms with Gasteiger partial charge < -0.3 is 15.1 Å². The fourth-order valence-corrected chi connectivity index (χ4v) is 2.99. The van der Waals surface area contributed by atoms with Crippen LogP contribution in [0.5, 0.6) is 0 Å². The Balaban J connectivity index is 2.02. The number of anilines is 1. The van der Waals surface area contributed by atoms with E-state index in [1.807, 2.05) is 4.90 Å². The van der Waals surface area contributed by atoms with Gasteiger partial charge in [0.15, 0.2) is 0 Å². The molecule has 126 valence electrons. The van der Waals surface area contributed by atoms with E-state index in [1.165, 1.54) is 11.3 Å². The van der Waals surface area contributed by atoms with Gasteiger partial charge in [0.2, 0.25) is 5.91 Å². The van der Waals surface area contributed by atoms with Crippen LogP contribution in [-0.4, -0.2) is 54.8 Å². The third kappa shape index (κ3) is 4.38. The van der Waals surface area contributed by atoms with E-state index in [2.05, 4.69) is 12.2 Å². The van der Waals surface area contributed by atoms with Gasteiger partial charge in [-0.3, -0.25) is 9.59 Å². The molecule has 0 aromatic heterocycles. The van der Waals surface area contributed by atoms with E-state index in [0.717, 1.165) is 25.1 Å². The number of rotatable bonds is 4. The zero-order valence-corrected chi connectivity index (χ0v) is 14.7. The fraction of sp³-hybridized carbons (Fsp3) is 0.529. The van der Waals surface area contributed by atoms with Crippen LogP contribution in [0.4, 0.5) is 5.69 Å². The third-order valence-corrected chi connectivity index (χ3v) is 4.50. The standard InChI is InChI=1S/C17H24ClN3O2/c1-12-6-4-5-9-21(12)16(22)11-19-13-7-8-15(18)14(10-13)17(23)20(2)3/h7-8,10,12,19H,4-6,9,11H2,1-3H3/t12-/m1/s1. The number of hydrogen-bond acceptors (Lipinski definition) is 3. The maximum atomic E-state index is 12.3. The maximum absolute atomic E-state index is 12.3. The number of amides is 2. The number of likely N-dealkylation sites (tertiary alicyclic amines) is 1. The van der Waals surface area contributed by atoms with Crippen molar-refractivity contribution < 1.29 is 9.59 Å². The molecule has 6 heteroatoms. The Morgan fingerprint density at radius 2 is 2.09 bits per heavy atom. The second-order valence-electron chi connectivity index (χ2n) is 6.18. The Morgan fingerprint density at radius 1 is 1.35 bits per heavy atom. The predicted molar refractivity (Wildman–Crippen MR) is 93.0 cm³/mol. The van der Waals surface area contributed by atoms with Gasteiger partial charge in [-0.25, -0.2) is 0 Å². The molecular formula is C17H24ClN3O2. The normalized spacial score (nSPS) is 17.7. The minimum atomic E-state index is -0.158. The fourth-order valence-electron chi connectivity index (χ4n) is 2.79. The Labute approximate surface area is 142 Å². The molecule has 23 heavy (non-hydrogen) atoms. The van der Waals surface area contributed by atoms with E-state index in [9.17, 15) is 9.59 Å². The molecule has 0 spiro atoms. The van der Waals surface area contributed by atoms with Gasteiger partial charge in [-0.15, -0.1) is 0 Å². The van der Waals surface area contributed by atoms with E-state index >= 15 is 0 Å². The lowest BCUT2D eigenvalue weighted by Gasteiger charge is -2.33. The van der Waals surface area contributed by atoms with Crippen molar-refractivity contribution >= 4 is 29.1 Å². The summed E-state index contributed by atoms with van der Waals surface area (Å²) in [4.78, 5) is 27.8. The monoisotopic (exact) mass is 337 g/mol. The van der Waals surface area contributed by atoms with E-state index in [-0.39, 0.29) is 18.4 Å². The molecule has 5 nitrogen and oxygen atoms in total. The molecule has 0 radical (unpaired) electrons. The summed E-state index contributed by atoms with van der Waals surface area (Å²) in [7, 11) is 3.36. The van der Waals surface area contributed by atoms with Gasteiger partial charge in [0.1, 0.15) is 0 Å². The number of carbonyl (C=O) groups excluding carboxylic acids is 2. The van der Waals surface area contributed by atoms with Gasteiger partial charge in [-0.1, -0.05) is 11.6 Å². The SMILES string of the molecule is C[C@@H]1CCCCN1C(=O)CNc1ccc(Cl)c(C(=O)N(C)C)c1. The van der Waals surface area contributed by atoms with Gasteiger partial charge in [-0.2, -0.15) is 0 Å². The van der Waals surface area contributed by atoms with Crippen molar-refractivity contribution in [3.05, 3.63) is 28.8 Å². The molecule has 0 bridgehead atoms. The first-order valence-electron chi connectivity index (χ1n) is 7.94. The Bertz CT molecular complexity index is 589. The number of piperidine rings is 1. The van der Waals surface area contributed by atoms with Crippen LogP contribution in [0.2, 0.25) is 5.02 Å². The summed E-state index contributed by atoms with van der Waals surface area (Å²) in [5, 5.41) is 3.51. The average Bonchev–Trinajstić information content (AvgIpc) is 2.53. The van der Waals surface area contributed by atoms with Crippen molar-refractivity contribution in [2.45, 2.75) is 32.2 Å². The molecule has 1 saturated heterocycles. The molecule has 0 aliphatic carbocycles. The lowest BCUT2D eigenvalue weighted by molar-refractivity contribution is -0.132. The number of nitrogens with zero attached hydrogens (tertiary/aromatic N) is 2. The van der Waals surface area contributed by atoms with Crippen LogP contribution in [-0.2, 0) is 4.79 Å². The second-order valence-corrected chi connectivity index (χ2v) is 6.59. The summed E-state index contributed by atoms with van der Waals surface area (Å²) in [5.74, 6) is -0.0673. The number of hydrogen-bond donors (Lipinski definition) is 1. The largest absolute Gasteiger partial charge is 0.376 e. The first-order valence-corrected chi connectivity index (χ1v) is 8.32. The minimum absolute atomic E-state index is 0.0904. The molecule has 1 N–H and O–H groups in total. The van der Waals surface area contributed by atoms with E-state index in [4.69, 9.17) is 11.6 Å². The molecule has 1 aromatic carbocycles. The van der Waals surface area contributed by atoms with Crippen molar-refractivity contribution in [3.63, 3.8) is 0 Å². The zero-order chi connectivity index (χ0) is 17.0. The first kappa shape index (κ1) is 17.6. The summed E-state index contributed by atoms with van der Waals surface area (Å²) in [6.07, 6.45) is 3.32. The van der Waals surface area contributed by atoms with Gasteiger partial charge in [0.25, 0.3) is 5.91 Å². The van der Waals surface area contributed by atoms with Crippen LogP contribution in [0.1, 0.15) is 36.5 Å². The Hall–Kier alpha value is -1.75. The molecule has 0 unspecified atom stereocenters. The number of benzene rings is 1. The molecule has 1 aliphatic rings. The van der Waals surface area contributed by atoms with Gasteiger partial charge in [0.05, 0.1) is 17.1 Å². The second kappa shape index (κ2) is 7.68. The zero-order valence-electron chi connectivity index (χ0n) is 13.9. The predicted octanol–water partition coefficient (Wildman–Crippen LogP) is 2.85. The summed E-state index contributed by atoms with van der Waals surface area (Å²) in [5.41, 5.74) is 1.15. The smallest absolute Gasteiger partial charge is 0.254 e. The Morgan fingerprint density at radius 3 is 2.74 bits per heavy atom. The van der Waals surface area contributed by atoms with Crippen LogP contribution in [0, 0.1) is 0 Å². The average molecular weight is 338 g/mol. The van der Waals surface area contributed by atoms with Crippen LogP contribution in [0.15, 0.2) is 18.2 Å². The van der Waals surface area contributed by atoms with Crippen LogP contribution >= 0.6 is 11.6 Å². The number of nitrogens with one attached hydrogen (secondary N) is 1. The first-order chi connectivity index (χ1) is 10.9. The number of carbonyl (C=O) groups is 2. The van der Waals surface area contributed by atoms with Gasteiger partial charge in [0, 0.05) is 32.4 Å². The highest BCUT2D eigenvalue weighted by atomic mass is 35.5. The lowest BCUT2D eigenvalue weighted by Crippen LogP contribution is -2.44. The lowest BCUT2D eigenvalue weighted by atomic mass is 10.0. The van der Waals surface area contributed by atoms with Gasteiger partial charge >= 0.3 is 0 Å². The molecular weight excluding hydrogens is 314 g/mol.